The van der Waals surface area contributed by atoms with Crippen molar-refractivity contribution < 1.29 is 10.2 Å². The van der Waals surface area contributed by atoms with Crippen LogP contribution < -0.4 is 0 Å². The van der Waals surface area contributed by atoms with Gasteiger partial charge in [0, 0.05) is 0 Å². The predicted octanol–water partition coefficient (Wildman–Crippen LogP) is 0.983. The summed E-state index contributed by atoms with van der Waals surface area (Å²) in [6.45, 7) is 6.04. The Hall–Kier alpha value is -1.00. The molecule has 0 aromatic rings. The first-order valence-electron chi connectivity index (χ1n) is 3.22. The molecule has 0 aromatic carbocycles. The Morgan fingerprint density at radius 1 is 1.70 bits per heavy atom. The van der Waals surface area contributed by atoms with E-state index in [2.05, 4.69) is 5.28 Å². The molecule has 5 heteroatoms. The van der Waals surface area contributed by atoms with E-state index in [0.717, 1.165) is 0 Å². The summed E-state index contributed by atoms with van der Waals surface area (Å²) in [5.41, 5.74) is 0. The lowest BCUT2D eigenvalue weighted by molar-refractivity contribution is -0.715. The highest BCUT2D eigenvalue weighted by Gasteiger charge is 2.13. The maximum Gasteiger partial charge on any atom is 0.230 e. The van der Waals surface area contributed by atoms with E-state index < -0.39 is 0 Å². The largest absolute Gasteiger partial charge is 0.569 e. The molecule has 0 aliphatic rings. The molecule has 0 radical (unpaired) electrons. The highest BCUT2D eigenvalue weighted by Crippen LogP contribution is 1.96. The molecule has 1 N–H and O–H groups in total. The van der Waals surface area contributed by atoms with Crippen molar-refractivity contribution in [1.82, 2.24) is 5.01 Å². The summed E-state index contributed by atoms with van der Waals surface area (Å²) in [5.74, 6) is 0. The summed E-state index contributed by atoms with van der Waals surface area (Å²) in [4.78, 5) is 0.185. The molecule has 0 atom stereocenters. The number of nitrogens with zero attached hydrogens (tertiary/aromatic N) is 3. The van der Waals surface area contributed by atoms with Gasteiger partial charge in [-0.1, -0.05) is 0 Å². The summed E-state index contributed by atoms with van der Waals surface area (Å²) in [7, 11) is 0. The molecular formula is C5H13N3O2. The second-order valence-electron chi connectivity index (χ2n) is 2.19. The smallest absolute Gasteiger partial charge is 0.230 e. The van der Waals surface area contributed by atoms with Crippen LogP contribution in [0.4, 0.5) is 0 Å². The number of rotatable bonds is 3. The molecule has 0 aromatic heterocycles. The lowest BCUT2D eigenvalue weighted by Crippen LogP contribution is -2.36. The summed E-state index contributed by atoms with van der Waals surface area (Å²) < 4.78 is 0. The normalized spacial score (nSPS) is 12.2. The van der Waals surface area contributed by atoms with Gasteiger partial charge in [0.1, 0.15) is 0 Å². The van der Waals surface area contributed by atoms with Gasteiger partial charge in [0.15, 0.2) is 0 Å². The Morgan fingerprint density at radius 2 is 2.20 bits per heavy atom. The van der Waals surface area contributed by atoms with E-state index in [1.165, 1.54) is 5.01 Å². The summed E-state index contributed by atoms with van der Waals surface area (Å²) in [6, 6.07) is 0.0541. The SMILES string of the molecule is CCN(C(C)C)[N+]([O-])=NO. The maximum atomic E-state index is 10.6. The molecule has 0 fully saturated rings. The van der Waals surface area contributed by atoms with E-state index in [1.54, 1.807) is 0 Å². The molecule has 0 spiro atoms. The Balaban J connectivity index is 4.07. The van der Waals surface area contributed by atoms with E-state index in [1.807, 2.05) is 20.8 Å². The van der Waals surface area contributed by atoms with Crippen molar-refractivity contribution in [2.45, 2.75) is 26.8 Å². The van der Waals surface area contributed by atoms with E-state index >= 15 is 0 Å². The van der Waals surface area contributed by atoms with Crippen LogP contribution in [0.25, 0.3) is 0 Å². The maximum absolute atomic E-state index is 10.6. The molecule has 0 aliphatic carbocycles. The third-order valence-electron chi connectivity index (χ3n) is 1.22. The van der Waals surface area contributed by atoms with Gasteiger partial charge in [0.25, 0.3) is 0 Å². The molecule has 0 bridgehead atoms. The van der Waals surface area contributed by atoms with Crippen molar-refractivity contribution in [3.05, 3.63) is 5.21 Å². The first kappa shape index (κ1) is 9.00. The fraction of sp³-hybridized carbons (Fsp3) is 1.00. The van der Waals surface area contributed by atoms with Gasteiger partial charge in [0.05, 0.1) is 17.6 Å². The molecule has 0 saturated heterocycles. The van der Waals surface area contributed by atoms with Crippen molar-refractivity contribution in [2.24, 2.45) is 5.28 Å². The molecular weight excluding hydrogens is 134 g/mol. The van der Waals surface area contributed by atoms with Crippen molar-refractivity contribution in [3.8, 4) is 0 Å². The average molecular weight is 147 g/mol. The molecule has 0 heterocycles. The van der Waals surface area contributed by atoms with Gasteiger partial charge >= 0.3 is 0 Å². The first-order chi connectivity index (χ1) is 4.63. The van der Waals surface area contributed by atoms with Crippen LogP contribution in [-0.4, -0.2) is 27.8 Å². The quantitative estimate of drug-likeness (QED) is 0.367. The van der Waals surface area contributed by atoms with Crippen molar-refractivity contribution in [3.63, 3.8) is 0 Å². The van der Waals surface area contributed by atoms with E-state index in [9.17, 15) is 5.21 Å². The highest BCUT2D eigenvalue weighted by molar-refractivity contribution is 4.46. The van der Waals surface area contributed by atoms with Gasteiger partial charge in [-0.2, -0.15) is 0 Å². The fourth-order valence-electron chi connectivity index (χ4n) is 0.735. The second-order valence-corrected chi connectivity index (χ2v) is 2.19. The molecule has 10 heavy (non-hydrogen) atoms. The van der Waals surface area contributed by atoms with Crippen molar-refractivity contribution in [2.75, 3.05) is 6.54 Å². The van der Waals surface area contributed by atoms with E-state index in [4.69, 9.17) is 5.21 Å². The highest BCUT2D eigenvalue weighted by atomic mass is 16.6. The van der Waals surface area contributed by atoms with Crippen LogP contribution in [0.5, 0.6) is 0 Å². The van der Waals surface area contributed by atoms with E-state index in [-0.39, 0.29) is 11.0 Å². The zero-order valence-electron chi connectivity index (χ0n) is 6.48. The third-order valence-corrected chi connectivity index (χ3v) is 1.22. The Kier molecular flexibility index (Phi) is 3.53. The first-order valence-corrected chi connectivity index (χ1v) is 3.22. The molecule has 0 aliphatic heterocycles. The van der Waals surface area contributed by atoms with Gasteiger partial charge in [-0.05, 0) is 20.8 Å². The number of hydrazine groups is 1. The van der Waals surface area contributed by atoms with Gasteiger partial charge in [-0.15, -0.1) is 5.01 Å². The zero-order chi connectivity index (χ0) is 8.15. The van der Waals surface area contributed by atoms with Crippen LogP contribution >= 0.6 is 0 Å². The van der Waals surface area contributed by atoms with Gasteiger partial charge in [0.2, 0.25) is 5.28 Å². The lowest BCUT2D eigenvalue weighted by Gasteiger charge is -2.18. The second kappa shape index (κ2) is 3.92. The molecule has 5 nitrogen and oxygen atoms in total. The lowest BCUT2D eigenvalue weighted by atomic mass is 10.4. The third kappa shape index (κ3) is 2.08. The van der Waals surface area contributed by atoms with E-state index in [0.29, 0.717) is 6.54 Å². The zero-order valence-corrected chi connectivity index (χ0v) is 6.48. The van der Waals surface area contributed by atoms with Crippen LogP contribution in [0.3, 0.4) is 0 Å². The van der Waals surface area contributed by atoms with Crippen LogP contribution in [0.1, 0.15) is 20.8 Å². The van der Waals surface area contributed by atoms with Gasteiger partial charge in [-0.25, -0.2) is 0 Å². The average Bonchev–Trinajstić information content (AvgIpc) is 1.88. The minimum absolute atomic E-state index is 0.0541. The Labute approximate surface area is 60.1 Å². The topological polar surface area (TPSA) is 61.9 Å². The number of hydrogen-bond acceptors (Lipinski definition) is 2. The standard InChI is InChI=1S/C5H13N3O2/c1-4-7(5(2)3)8(10)6-9/h5,9H,4H2,1-3H3. The van der Waals surface area contributed by atoms with Crippen molar-refractivity contribution in [1.29, 1.82) is 0 Å². The molecule has 0 saturated carbocycles. The summed E-state index contributed by atoms with van der Waals surface area (Å²) >= 11 is 0. The molecule has 0 unspecified atom stereocenters. The van der Waals surface area contributed by atoms with Crippen LogP contribution in [-0.2, 0) is 0 Å². The van der Waals surface area contributed by atoms with Gasteiger partial charge < -0.3 is 10.4 Å². The van der Waals surface area contributed by atoms with Crippen molar-refractivity contribution >= 4 is 0 Å². The predicted molar refractivity (Wildman–Crippen MR) is 35.4 cm³/mol. The van der Waals surface area contributed by atoms with Crippen LogP contribution in [0, 0.1) is 5.21 Å². The molecule has 0 rings (SSSR count). The monoisotopic (exact) mass is 147 g/mol. The van der Waals surface area contributed by atoms with Gasteiger partial charge in [-0.3, -0.25) is 0 Å². The summed E-state index contributed by atoms with van der Waals surface area (Å²) in [6.07, 6.45) is 0. The molecule has 60 valence electrons. The number of hydrogen-bond donors (Lipinski definition) is 1. The van der Waals surface area contributed by atoms with Crippen LogP contribution in [0.15, 0.2) is 5.28 Å². The van der Waals surface area contributed by atoms with Crippen LogP contribution in [0.2, 0.25) is 0 Å². The Morgan fingerprint density at radius 3 is 2.30 bits per heavy atom. The minimum atomic E-state index is 0.0541. The minimum Gasteiger partial charge on any atom is -0.569 e. The Bertz CT molecular complexity index is 124. The molecule has 0 amide bonds. The summed E-state index contributed by atoms with van der Waals surface area (Å²) in [5, 5.41) is 22.6. The fourth-order valence-corrected chi connectivity index (χ4v) is 0.735.